The molecule has 222 valence electrons. The molecule has 2 amide bonds. The molecule has 0 aliphatic heterocycles. The van der Waals surface area contributed by atoms with Crippen LogP contribution in [0.15, 0.2) is 101 Å². The molecule has 0 saturated carbocycles. The number of ether oxygens (including phenoxy) is 2. The third-order valence-corrected chi connectivity index (χ3v) is 7.85. The fraction of sp³-hybridized carbons (Fsp3) is 0.0909. The number of rotatable bonds is 11. The minimum absolute atomic E-state index is 0.184. The molecule has 0 unspecified atom stereocenters. The summed E-state index contributed by atoms with van der Waals surface area (Å²) in [5.41, 5.74) is 8.19. The third-order valence-electron chi connectivity index (χ3n) is 6.29. The van der Waals surface area contributed by atoms with Gasteiger partial charge in [0.2, 0.25) is 0 Å². The van der Waals surface area contributed by atoms with Crippen LogP contribution in [0.2, 0.25) is 0 Å². The molecule has 1 aromatic heterocycles. The zero-order chi connectivity index (χ0) is 30.9. The first-order valence-electron chi connectivity index (χ1n) is 13.5. The second-order valence-electron chi connectivity index (χ2n) is 9.54. The smallest absolute Gasteiger partial charge is 0.271 e. The highest BCUT2D eigenvalue weighted by molar-refractivity contribution is 14.1. The van der Waals surface area contributed by atoms with E-state index in [0.717, 1.165) is 31.2 Å². The molecule has 5 aromatic rings. The number of aromatic nitrogens is 1. The van der Waals surface area contributed by atoms with Crippen LogP contribution in [-0.4, -0.2) is 36.7 Å². The van der Waals surface area contributed by atoms with Crippen LogP contribution >= 0.6 is 33.9 Å². The maximum Gasteiger partial charge on any atom is 0.271 e. The molecule has 44 heavy (non-hydrogen) atoms. The molecule has 1 heterocycles. The van der Waals surface area contributed by atoms with Crippen LogP contribution in [0.1, 0.15) is 21.5 Å². The molecule has 0 spiro atoms. The Labute approximate surface area is 272 Å². The molecule has 3 N–H and O–H groups in total. The van der Waals surface area contributed by atoms with Gasteiger partial charge >= 0.3 is 0 Å². The number of aryl methyl sites for hydroxylation is 1. The number of nitrogens with zero attached hydrogens (tertiary/aromatic N) is 2. The minimum atomic E-state index is -0.348. The van der Waals surface area contributed by atoms with Crippen molar-refractivity contribution in [2.24, 2.45) is 5.10 Å². The summed E-state index contributed by atoms with van der Waals surface area (Å²) in [4.78, 5) is 29.7. The first-order chi connectivity index (χ1) is 21.4. The van der Waals surface area contributed by atoms with Crippen molar-refractivity contribution in [1.29, 1.82) is 0 Å². The Morgan fingerprint density at radius 3 is 2.45 bits per heavy atom. The zero-order valence-corrected chi connectivity index (χ0v) is 26.8. The van der Waals surface area contributed by atoms with E-state index >= 15 is 0 Å². The average molecular weight is 718 g/mol. The van der Waals surface area contributed by atoms with Crippen LogP contribution in [0.4, 0.5) is 16.5 Å². The summed E-state index contributed by atoms with van der Waals surface area (Å²) < 4.78 is 12.0. The summed E-state index contributed by atoms with van der Waals surface area (Å²) in [5.74, 6) is 0.243. The highest BCUT2D eigenvalue weighted by Crippen LogP contribution is 2.33. The number of hydrogen-bond donors (Lipinski definition) is 3. The van der Waals surface area contributed by atoms with E-state index in [4.69, 9.17) is 9.47 Å². The quantitative estimate of drug-likeness (QED) is 0.0754. The molecule has 0 radical (unpaired) electrons. The molecule has 0 aliphatic carbocycles. The lowest BCUT2D eigenvalue weighted by atomic mass is 10.1. The van der Waals surface area contributed by atoms with Gasteiger partial charge in [-0.3, -0.25) is 9.59 Å². The Morgan fingerprint density at radius 1 is 0.977 bits per heavy atom. The Kier molecular flexibility index (Phi) is 10.2. The fourth-order valence-corrected chi connectivity index (χ4v) is 5.58. The van der Waals surface area contributed by atoms with E-state index in [0.29, 0.717) is 28.3 Å². The highest BCUT2D eigenvalue weighted by atomic mass is 127. The van der Waals surface area contributed by atoms with Gasteiger partial charge in [0.15, 0.2) is 23.2 Å². The number of para-hydroxylation sites is 1. The van der Waals surface area contributed by atoms with Gasteiger partial charge in [0.05, 0.1) is 22.6 Å². The van der Waals surface area contributed by atoms with Crippen LogP contribution in [0, 0.1) is 10.5 Å². The fourth-order valence-electron chi connectivity index (χ4n) is 4.06. The van der Waals surface area contributed by atoms with Crippen LogP contribution in [-0.2, 0) is 4.79 Å². The van der Waals surface area contributed by atoms with Gasteiger partial charge in [-0.15, -0.1) is 11.3 Å². The van der Waals surface area contributed by atoms with Gasteiger partial charge in [0, 0.05) is 27.9 Å². The molecule has 4 aromatic carbocycles. The van der Waals surface area contributed by atoms with Crippen molar-refractivity contribution < 1.29 is 19.1 Å². The predicted octanol–water partition coefficient (Wildman–Crippen LogP) is 7.26. The van der Waals surface area contributed by atoms with E-state index in [2.05, 4.69) is 48.7 Å². The number of anilines is 3. The summed E-state index contributed by atoms with van der Waals surface area (Å²) in [7, 11) is 1.52. The molecule has 0 fully saturated rings. The number of hydrogen-bond acceptors (Lipinski definition) is 8. The van der Waals surface area contributed by atoms with Crippen LogP contribution in [0.5, 0.6) is 11.5 Å². The van der Waals surface area contributed by atoms with Crippen molar-refractivity contribution in [3.05, 3.63) is 117 Å². The predicted molar refractivity (Wildman–Crippen MR) is 183 cm³/mol. The van der Waals surface area contributed by atoms with Gasteiger partial charge in [0.1, 0.15) is 0 Å². The summed E-state index contributed by atoms with van der Waals surface area (Å²) in [6.45, 7) is 1.80. The van der Waals surface area contributed by atoms with Crippen molar-refractivity contribution in [2.75, 3.05) is 24.4 Å². The number of hydrazone groups is 1. The average Bonchev–Trinajstić information content (AvgIpc) is 3.50. The van der Waals surface area contributed by atoms with Crippen molar-refractivity contribution in [2.45, 2.75) is 6.92 Å². The first kappa shape index (κ1) is 30.7. The molecular formula is C33H28IN5O4S. The topological polar surface area (TPSA) is 114 Å². The maximum absolute atomic E-state index is 12.7. The normalized spacial score (nSPS) is 10.8. The van der Waals surface area contributed by atoms with E-state index in [1.165, 1.54) is 24.7 Å². The number of halogens is 1. The summed E-state index contributed by atoms with van der Waals surface area (Å²) in [6, 6.07) is 28.1. The van der Waals surface area contributed by atoms with Crippen LogP contribution in [0.25, 0.3) is 11.3 Å². The van der Waals surface area contributed by atoms with E-state index in [9.17, 15) is 9.59 Å². The van der Waals surface area contributed by atoms with E-state index in [-0.39, 0.29) is 18.4 Å². The number of carbonyl (C=O) groups excluding carboxylic acids is 2. The molecular weight excluding hydrogens is 689 g/mol. The molecule has 11 heteroatoms. The van der Waals surface area contributed by atoms with Crippen molar-refractivity contribution in [1.82, 2.24) is 10.4 Å². The standard InChI is InChI=1S/C33H28IN5O4S/c1-21-8-14-26(15-9-21)36-30(40)19-43-31-27(34)16-22(17-29(31)42-2)18-35-39-32(41)24-12-10-23(11-13-24)28-20-44-33(38-28)37-25-6-4-3-5-7-25/h3-18,20H,19H2,1-2H3,(H,36,40)(H,37,38)(H,39,41)/b35-18+. The number of benzene rings is 4. The van der Waals surface area contributed by atoms with Crippen molar-refractivity contribution >= 4 is 68.5 Å². The molecule has 0 bridgehead atoms. The summed E-state index contributed by atoms with van der Waals surface area (Å²) >= 11 is 3.62. The second-order valence-corrected chi connectivity index (χ2v) is 11.6. The van der Waals surface area contributed by atoms with Crippen molar-refractivity contribution in [3.63, 3.8) is 0 Å². The highest BCUT2D eigenvalue weighted by Gasteiger charge is 2.14. The Balaban J connectivity index is 1.15. The second kappa shape index (κ2) is 14.6. The van der Waals surface area contributed by atoms with Crippen LogP contribution in [0.3, 0.4) is 0 Å². The maximum atomic E-state index is 12.7. The van der Waals surface area contributed by atoms with E-state index < -0.39 is 0 Å². The summed E-state index contributed by atoms with van der Waals surface area (Å²) in [5, 5.41) is 13.0. The molecule has 0 aliphatic rings. The van der Waals surface area contributed by atoms with Gasteiger partial charge in [-0.05, 0) is 83.6 Å². The number of carbonyl (C=O) groups is 2. The van der Waals surface area contributed by atoms with Gasteiger partial charge in [-0.25, -0.2) is 10.4 Å². The Hall–Kier alpha value is -4.75. The number of amides is 2. The lowest BCUT2D eigenvalue weighted by molar-refractivity contribution is -0.118. The first-order valence-corrected chi connectivity index (χ1v) is 15.4. The molecule has 9 nitrogen and oxygen atoms in total. The molecule has 0 atom stereocenters. The minimum Gasteiger partial charge on any atom is -0.493 e. The Bertz CT molecular complexity index is 1770. The van der Waals surface area contributed by atoms with E-state index in [1.807, 2.05) is 85.1 Å². The van der Waals surface area contributed by atoms with Gasteiger partial charge in [-0.1, -0.05) is 48.0 Å². The van der Waals surface area contributed by atoms with Crippen LogP contribution < -0.4 is 25.5 Å². The molecule has 0 saturated heterocycles. The summed E-state index contributed by atoms with van der Waals surface area (Å²) in [6.07, 6.45) is 1.52. The van der Waals surface area contributed by atoms with Crippen molar-refractivity contribution in [3.8, 4) is 22.8 Å². The Morgan fingerprint density at radius 2 is 1.73 bits per heavy atom. The number of nitrogens with one attached hydrogen (secondary N) is 3. The third kappa shape index (κ3) is 8.20. The SMILES string of the molecule is COc1cc(/C=N/NC(=O)c2ccc(-c3csc(Nc4ccccc4)n3)cc2)cc(I)c1OCC(=O)Nc1ccc(C)cc1. The van der Waals surface area contributed by atoms with Gasteiger partial charge < -0.3 is 20.1 Å². The lowest BCUT2D eigenvalue weighted by Gasteiger charge is -2.13. The van der Waals surface area contributed by atoms with E-state index in [1.54, 1.807) is 18.2 Å². The number of thiazole rings is 1. The zero-order valence-electron chi connectivity index (χ0n) is 23.8. The largest absolute Gasteiger partial charge is 0.493 e. The lowest BCUT2D eigenvalue weighted by Crippen LogP contribution is -2.20. The number of methoxy groups -OCH3 is 1. The molecule has 5 rings (SSSR count). The van der Waals surface area contributed by atoms with Gasteiger partial charge in [0.25, 0.3) is 11.8 Å². The van der Waals surface area contributed by atoms with Gasteiger partial charge in [-0.2, -0.15) is 5.10 Å². The monoisotopic (exact) mass is 717 g/mol.